The number of hydrogen-bond donors (Lipinski definition) is 1. The van der Waals surface area contributed by atoms with Gasteiger partial charge in [0.1, 0.15) is 10.7 Å². The number of carbonyl (C=O) groups excluding carboxylic acids is 1. The molecule has 0 aliphatic carbocycles. The lowest BCUT2D eigenvalue weighted by Crippen LogP contribution is -2.28. The van der Waals surface area contributed by atoms with Crippen LogP contribution in [0.1, 0.15) is 54.2 Å². The molecule has 27 heavy (non-hydrogen) atoms. The van der Waals surface area contributed by atoms with Crippen LogP contribution >= 0.6 is 0 Å². The molecule has 0 bridgehead atoms. The Bertz CT molecular complexity index is 923. The third-order valence-electron chi connectivity index (χ3n) is 4.40. The highest BCUT2D eigenvalue weighted by Gasteiger charge is 2.23. The zero-order chi connectivity index (χ0) is 20.4. The summed E-state index contributed by atoms with van der Waals surface area (Å²) in [6.07, 6.45) is 0. The van der Waals surface area contributed by atoms with Crippen molar-refractivity contribution in [2.24, 2.45) is 0 Å². The van der Waals surface area contributed by atoms with Gasteiger partial charge in [-0.3, -0.25) is 4.79 Å². The molecule has 0 spiro atoms. The van der Waals surface area contributed by atoms with Crippen LogP contribution in [0.15, 0.2) is 47.4 Å². The third-order valence-corrected chi connectivity index (χ3v) is 6.23. The zero-order valence-electron chi connectivity index (χ0n) is 16.2. The number of nitrogens with one attached hydrogen (secondary N) is 1. The van der Waals surface area contributed by atoms with E-state index in [1.165, 1.54) is 25.7 Å². The molecule has 7 heteroatoms. The molecule has 5 nitrogen and oxygen atoms in total. The second kappa shape index (κ2) is 8.19. The van der Waals surface area contributed by atoms with Crippen LogP contribution in [-0.4, -0.2) is 32.7 Å². The maximum atomic E-state index is 14.0. The minimum atomic E-state index is -3.98. The van der Waals surface area contributed by atoms with E-state index in [1.54, 1.807) is 0 Å². The molecular formula is C20H25FN2O3S. The number of halogens is 1. The SMILES string of the molecule is CC(C)c1ccc(C(C)NC(=O)c2ccc(F)c(S(=O)(=O)N(C)C)c2)cc1. The number of sulfonamides is 1. The summed E-state index contributed by atoms with van der Waals surface area (Å²) in [6.45, 7) is 6.05. The van der Waals surface area contributed by atoms with Crippen LogP contribution in [0.5, 0.6) is 0 Å². The molecule has 0 aromatic heterocycles. The number of nitrogens with zero attached hydrogens (tertiary/aromatic N) is 1. The average molecular weight is 392 g/mol. The van der Waals surface area contributed by atoms with Gasteiger partial charge in [0.05, 0.1) is 6.04 Å². The Labute approximate surface area is 160 Å². The number of hydrogen-bond acceptors (Lipinski definition) is 3. The summed E-state index contributed by atoms with van der Waals surface area (Å²) in [7, 11) is -1.36. The normalized spacial score (nSPS) is 13.0. The molecule has 0 aliphatic heterocycles. The summed E-state index contributed by atoms with van der Waals surface area (Å²) in [4.78, 5) is 12.0. The van der Waals surface area contributed by atoms with Crippen molar-refractivity contribution in [3.8, 4) is 0 Å². The topological polar surface area (TPSA) is 66.5 Å². The highest BCUT2D eigenvalue weighted by Crippen LogP contribution is 2.21. The fraction of sp³-hybridized carbons (Fsp3) is 0.350. The lowest BCUT2D eigenvalue weighted by molar-refractivity contribution is 0.0939. The first-order chi connectivity index (χ1) is 12.5. The van der Waals surface area contributed by atoms with Gasteiger partial charge in [-0.2, -0.15) is 0 Å². The Hall–Kier alpha value is -2.25. The van der Waals surface area contributed by atoms with Crippen molar-refractivity contribution in [3.63, 3.8) is 0 Å². The predicted molar refractivity (Wildman–Crippen MR) is 104 cm³/mol. The van der Waals surface area contributed by atoms with Crippen LogP contribution in [0.3, 0.4) is 0 Å². The van der Waals surface area contributed by atoms with Crippen molar-refractivity contribution in [1.29, 1.82) is 0 Å². The highest BCUT2D eigenvalue weighted by molar-refractivity contribution is 7.89. The summed E-state index contributed by atoms with van der Waals surface area (Å²) >= 11 is 0. The second-order valence-electron chi connectivity index (χ2n) is 6.95. The molecule has 0 saturated heterocycles. The van der Waals surface area contributed by atoms with Crippen LogP contribution in [0.25, 0.3) is 0 Å². The van der Waals surface area contributed by atoms with E-state index in [4.69, 9.17) is 0 Å². The van der Waals surface area contributed by atoms with Crippen LogP contribution in [0.4, 0.5) is 4.39 Å². The fourth-order valence-corrected chi connectivity index (χ4v) is 3.56. The van der Waals surface area contributed by atoms with Gasteiger partial charge in [0.25, 0.3) is 5.91 Å². The van der Waals surface area contributed by atoms with E-state index in [0.717, 1.165) is 22.0 Å². The summed E-state index contributed by atoms with van der Waals surface area (Å²) in [5, 5.41) is 2.82. The lowest BCUT2D eigenvalue weighted by atomic mass is 9.99. The molecule has 0 saturated carbocycles. The summed E-state index contributed by atoms with van der Waals surface area (Å²) in [5.74, 6) is -0.941. The molecule has 0 fully saturated rings. The molecule has 2 aromatic rings. The third kappa shape index (κ3) is 4.73. The van der Waals surface area contributed by atoms with E-state index in [0.29, 0.717) is 5.92 Å². The van der Waals surface area contributed by atoms with Crippen molar-refractivity contribution < 1.29 is 17.6 Å². The van der Waals surface area contributed by atoms with Gasteiger partial charge >= 0.3 is 0 Å². The van der Waals surface area contributed by atoms with Gasteiger partial charge in [0.2, 0.25) is 10.0 Å². The van der Waals surface area contributed by atoms with Crippen molar-refractivity contribution in [2.45, 2.75) is 37.6 Å². The van der Waals surface area contributed by atoms with Gasteiger partial charge in [-0.05, 0) is 42.2 Å². The summed E-state index contributed by atoms with van der Waals surface area (Å²) < 4.78 is 39.3. The van der Waals surface area contributed by atoms with Gasteiger partial charge in [0, 0.05) is 19.7 Å². The molecule has 1 N–H and O–H groups in total. The lowest BCUT2D eigenvalue weighted by Gasteiger charge is -2.17. The predicted octanol–water partition coefficient (Wildman–Crippen LogP) is 3.69. The quantitative estimate of drug-likeness (QED) is 0.815. The molecule has 0 radical (unpaired) electrons. The van der Waals surface area contributed by atoms with Crippen molar-refractivity contribution >= 4 is 15.9 Å². The maximum absolute atomic E-state index is 14.0. The number of benzene rings is 2. The number of amides is 1. The van der Waals surface area contributed by atoms with E-state index >= 15 is 0 Å². The average Bonchev–Trinajstić information content (AvgIpc) is 2.61. The van der Waals surface area contributed by atoms with Gasteiger partial charge in [0.15, 0.2) is 0 Å². The van der Waals surface area contributed by atoms with Crippen LogP contribution in [0.2, 0.25) is 0 Å². The summed E-state index contributed by atoms with van der Waals surface area (Å²) in [5.41, 5.74) is 2.22. The van der Waals surface area contributed by atoms with Gasteiger partial charge in [-0.1, -0.05) is 38.1 Å². The molecule has 2 aromatic carbocycles. The maximum Gasteiger partial charge on any atom is 0.251 e. The van der Waals surface area contributed by atoms with E-state index in [-0.39, 0.29) is 11.6 Å². The van der Waals surface area contributed by atoms with Crippen molar-refractivity contribution in [2.75, 3.05) is 14.1 Å². The first kappa shape index (κ1) is 21.1. The number of rotatable bonds is 6. The monoisotopic (exact) mass is 392 g/mol. The fourth-order valence-electron chi connectivity index (χ4n) is 2.57. The largest absolute Gasteiger partial charge is 0.346 e. The Balaban J connectivity index is 2.23. The highest BCUT2D eigenvalue weighted by atomic mass is 32.2. The van der Waals surface area contributed by atoms with Crippen molar-refractivity contribution in [3.05, 3.63) is 65.0 Å². The second-order valence-corrected chi connectivity index (χ2v) is 9.07. The molecular weight excluding hydrogens is 367 g/mol. The summed E-state index contributed by atoms with van der Waals surface area (Å²) in [6, 6.07) is 11.0. The minimum Gasteiger partial charge on any atom is -0.346 e. The van der Waals surface area contributed by atoms with Crippen LogP contribution in [-0.2, 0) is 10.0 Å². The van der Waals surface area contributed by atoms with Gasteiger partial charge < -0.3 is 5.32 Å². The van der Waals surface area contributed by atoms with Crippen molar-refractivity contribution in [1.82, 2.24) is 9.62 Å². The van der Waals surface area contributed by atoms with Gasteiger partial charge in [-0.15, -0.1) is 0 Å². The molecule has 1 amide bonds. The smallest absolute Gasteiger partial charge is 0.251 e. The zero-order valence-corrected chi connectivity index (χ0v) is 17.0. The van der Waals surface area contributed by atoms with Gasteiger partial charge in [-0.25, -0.2) is 17.1 Å². The first-order valence-corrected chi connectivity index (χ1v) is 10.1. The van der Waals surface area contributed by atoms with E-state index in [1.807, 2.05) is 31.2 Å². The first-order valence-electron chi connectivity index (χ1n) is 8.67. The number of carbonyl (C=O) groups is 1. The molecule has 1 atom stereocenters. The van der Waals surface area contributed by atoms with E-state index in [9.17, 15) is 17.6 Å². The Kier molecular flexibility index (Phi) is 6.38. The van der Waals surface area contributed by atoms with Crippen LogP contribution in [0, 0.1) is 5.82 Å². The Morgan fingerprint density at radius 3 is 2.07 bits per heavy atom. The van der Waals surface area contributed by atoms with E-state index in [2.05, 4.69) is 19.2 Å². The Morgan fingerprint density at radius 1 is 1.00 bits per heavy atom. The molecule has 146 valence electrons. The molecule has 0 aliphatic rings. The standard InChI is InChI=1S/C20H25FN2O3S/c1-13(2)15-6-8-16(9-7-15)14(3)22-20(24)17-10-11-18(21)19(12-17)27(25,26)23(4)5/h6-14H,1-5H3,(H,22,24). The molecule has 0 heterocycles. The molecule has 1 unspecified atom stereocenters. The molecule has 2 rings (SSSR count). The van der Waals surface area contributed by atoms with Crippen LogP contribution < -0.4 is 5.32 Å². The minimum absolute atomic E-state index is 0.0856. The van der Waals surface area contributed by atoms with E-state index < -0.39 is 26.6 Å². The Morgan fingerprint density at radius 2 is 1.56 bits per heavy atom.